The first-order valence-electron chi connectivity index (χ1n) is 9.52. The van der Waals surface area contributed by atoms with E-state index in [0.29, 0.717) is 35.1 Å². The van der Waals surface area contributed by atoms with Crippen LogP contribution in [0.1, 0.15) is 61.5 Å². The minimum atomic E-state index is -0.651. The molecular formula is C22H24O7. The molecular weight excluding hydrogens is 376 g/mol. The predicted molar refractivity (Wildman–Crippen MR) is 107 cm³/mol. The van der Waals surface area contributed by atoms with Crippen molar-refractivity contribution in [3.63, 3.8) is 0 Å². The molecule has 7 heteroatoms. The lowest BCUT2D eigenvalue weighted by atomic mass is 9.92. The van der Waals surface area contributed by atoms with Gasteiger partial charge < -0.3 is 19.0 Å². The number of fused-ring (bicyclic) bond motifs is 3. The number of Topliss-reactive ketones (excluding diaryl/α,β-unsaturated/α-hetero) is 1. The van der Waals surface area contributed by atoms with E-state index in [4.69, 9.17) is 9.15 Å². The second kappa shape index (κ2) is 7.73. The number of hydrogen-bond donors (Lipinski definition) is 1. The van der Waals surface area contributed by atoms with Gasteiger partial charge in [-0.05, 0) is 44.4 Å². The number of rotatable bonds is 6. The number of ketones is 1. The van der Waals surface area contributed by atoms with Gasteiger partial charge in [0.1, 0.15) is 22.7 Å². The van der Waals surface area contributed by atoms with Crippen molar-refractivity contribution >= 4 is 28.8 Å². The minimum Gasteiger partial charge on any atom is -0.506 e. The van der Waals surface area contributed by atoms with Gasteiger partial charge >= 0.3 is 11.6 Å². The molecule has 0 fully saturated rings. The van der Waals surface area contributed by atoms with Crippen molar-refractivity contribution in [2.75, 3.05) is 7.11 Å². The number of benzene rings is 1. The third kappa shape index (κ3) is 3.90. The van der Waals surface area contributed by atoms with E-state index in [0.717, 1.165) is 0 Å². The standard InChI is InChI=1S/C22H24O7/c1-5-14(23)18-19(26)13-9-10-22(2,3)29-20(13)17-12(7-6-8-15(24)27-4)11-16(25)28-21(17)18/h9-11,26H,5-8H2,1-4H3. The van der Waals surface area contributed by atoms with Gasteiger partial charge in [-0.15, -0.1) is 0 Å². The van der Waals surface area contributed by atoms with Crippen LogP contribution in [0.4, 0.5) is 0 Å². The molecule has 0 amide bonds. The number of aryl methyl sites for hydroxylation is 1. The zero-order chi connectivity index (χ0) is 21.3. The topological polar surface area (TPSA) is 103 Å². The lowest BCUT2D eigenvalue weighted by molar-refractivity contribution is -0.140. The average molecular weight is 400 g/mol. The van der Waals surface area contributed by atoms with E-state index in [1.165, 1.54) is 13.2 Å². The van der Waals surface area contributed by atoms with Gasteiger partial charge in [0, 0.05) is 18.9 Å². The number of methoxy groups -OCH3 is 1. The van der Waals surface area contributed by atoms with Gasteiger partial charge in [0.25, 0.3) is 0 Å². The molecule has 0 bridgehead atoms. The smallest absolute Gasteiger partial charge is 0.336 e. The van der Waals surface area contributed by atoms with Gasteiger partial charge in [-0.2, -0.15) is 0 Å². The fraction of sp³-hybridized carbons (Fsp3) is 0.409. The molecule has 0 spiro atoms. The van der Waals surface area contributed by atoms with Crippen LogP contribution in [0, 0.1) is 0 Å². The van der Waals surface area contributed by atoms with Gasteiger partial charge in [-0.3, -0.25) is 9.59 Å². The van der Waals surface area contributed by atoms with E-state index in [1.807, 2.05) is 13.8 Å². The Bertz CT molecular complexity index is 1070. The number of carbonyl (C=O) groups is 2. The highest BCUT2D eigenvalue weighted by atomic mass is 16.5. The maximum absolute atomic E-state index is 12.6. The Morgan fingerprint density at radius 2 is 2.00 bits per heavy atom. The molecule has 1 aromatic heterocycles. The summed E-state index contributed by atoms with van der Waals surface area (Å²) in [5.41, 5.74) is -0.340. The van der Waals surface area contributed by atoms with Crippen molar-refractivity contribution in [1.29, 1.82) is 0 Å². The Balaban J connectivity index is 2.30. The highest BCUT2D eigenvalue weighted by molar-refractivity contribution is 6.12. The fourth-order valence-corrected chi connectivity index (χ4v) is 3.45. The first kappa shape index (κ1) is 20.6. The summed E-state index contributed by atoms with van der Waals surface area (Å²) in [7, 11) is 1.32. The SMILES string of the molecule is CCC(=O)c1c(O)c2c(c3c(CCCC(=O)OC)cc(=O)oc13)OC(C)(C)C=C2. The molecule has 0 aliphatic carbocycles. The number of esters is 1. The summed E-state index contributed by atoms with van der Waals surface area (Å²) in [4.78, 5) is 36.3. The summed E-state index contributed by atoms with van der Waals surface area (Å²) in [5.74, 6) is -0.599. The lowest BCUT2D eigenvalue weighted by Gasteiger charge is -2.30. The average Bonchev–Trinajstić information content (AvgIpc) is 2.66. The Hall–Kier alpha value is -3.09. The van der Waals surface area contributed by atoms with Gasteiger partial charge in [0.05, 0.1) is 18.1 Å². The molecule has 7 nitrogen and oxygen atoms in total. The Morgan fingerprint density at radius 1 is 1.28 bits per heavy atom. The number of hydrogen-bond acceptors (Lipinski definition) is 7. The third-order valence-electron chi connectivity index (χ3n) is 4.90. The zero-order valence-corrected chi connectivity index (χ0v) is 17.0. The molecule has 1 aromatic carbocycles. The summed E-state index contributed by atoms with van der Waals surface area (Å²) in [6.45, 7) is 5.38. The molecule has 2 aromatic rings. The number of phenols is 1. The van der Waals surface area contributed by atoms with Crippen molar-refractivity contribution in [3.8, 4) is 11.5 Å². The lowest BCUT2D eigenvalue weighted by Crippen LogP contribution is -2.28. The Kier molecular flexibility index (Phi) is 5.50. The number of carbonyl (C=O) groups excluding carboxylic acids is 2. The monoisotopic (exact) mass is 400 g/mol. The summed E-state index contributed by atoms with van der Waals surface area (Å²) in [5, 5.41) is 11.3. The highest BCUT2D eigenvalue weighted by Crippen LogP contribution is 2.46. The first-order valence-corrected chi connectivity index (χ1v) is 9.52. The van der Waals surface area contributed by atoms with E-state index in [1.54, 1.807) is 19.1 Å². The first-order chi connectivity index (χ1) is 13.7. The van der Waals surface area contributed by atoms with Crippen LogP contribution in [-0.2, 0) is 16.0 Å². The summed E-state index contributed by atoms with van der Waals surface area (Å²) >= 11 is 0. The van der Waals surface area contributed by atoms with E-state index in [-0.39, 0.29) is 41.5 Å². The van der Waals surface area contributed by atoms with Crippen molar-refractivity contribution in [1.82, 2.24) is 0 Å². The molecule has 3 rings (SSSR count). The predicted octanol–water partition coefficient (Wildman–Crippen LogP) is 3.77. The third-order valence-corrected chi connectivity index (χ3v) is 4.90. The van der Waals surface area contributed by atoms with Crippen molar-refractivity contribution in [2.45, 2.75) is 52.1 Å². The molecule has 0 saturated heterocycles. The molecule has 0 unspecified atom stereocenters. The number of phenolic OH excluding ortho intramolecular Hbond substituents is 1. The van der Waals surface area contributed by atoms with E-state index in [9.17, 15) is 19.5 Å². The molecule has 0 radical (unpaired) electrons. The zero-order valence-electron chi connectivity index (χ0n) is 17.0. The van der Waals surface area contributed by atoms with Crippen LogP contribution >= 0.6 is 0 Å². The second-order valence-corrected chi connectivity index (χ2v) is 7.51. The molecule has 0 atom stereocenters. The molecule has 2 heterocycles. The van der Waals surface area contributed by atoms with Crippen LogP contribution in [-0.4, -0.2) is 29.6 Å². The van der Waals surface area contributed by atoms with E-state index >= 15 is 0 Å². The van der Waals surface area contributed by atoms with Crippen LogP contribution in [0.5, 0.6) is 11.5 Å². The number of aromatic hydroxyl groups is 1. The Morgan fingerprint density at radius 3 is 2.66 bits per heavy atom. The van der Waals surface area contributed by atoms with Crippen molar-refractivity contribution in [3.05, 3.63) is 39.3 Å². The van der Waals surface area contributed by atoms with Gasteiger partial charge in [-0.1, -0.05) is 6.92 Å². The van der Waals surface area contributed by atoms with Crippen LogP contribution in [0.3, 0.4) is 0 Å². The van der Waals surface area contributed by atoms with Crippen molar-refractivity contribution < 1.29 is 28.6 Å². The molecule has 154 valence electrons. The fourth-order valence-electron chi connectivity index (χ4n) is 3.45. The van der Waals surface area contributed by atoms with Gasteiger partial charge in [0.15, 0.2) is 11.4 Å². The molecule has 1 aliphatic heterocycles. The summed E-state index contributed by atoms with van der Waals surface area (Å²) < 4.78 is 16.2. The van der Waals surface area contributed by atoms with Gasteiger partial charge in [0.2, 0.25) is 0 Å². The quantitative estimate of drug-likeness (QED) is 0.447. The maximum atomic E-state index is 12.6. The Labute approximate surface area is 167 Å². The van der Waals surface area contributed by atoms with Crippen molar-refractivity contribution in [2.24, 2.45) is 0 Å². The second-order valence-electron chi connectivity index (χ2n) is 7.51. The number of ether oxygens (including phenoxy) is 2. The van der Waals surface area contributed by atoms with Gasteiger partial charge in [-0.25, -0.2) is 4.79 Å². The van der Waals surface area contributed by atoms with Crippen LogP contribution < -0.4 is 10.4 Å². The molecule has 0 saturated carbocycles. The van der Waals surface area contributed by atoms with Crippen LogP contribution in [0.15, 0.2) is 21.4 Å². The normalized spacial score (nSPS) is 14.3. The minimum absolute atomic E-state index is 0.0137. The molecule has 1 aliphatic rings. The maximum Gasteiger partial charge on any atom is 0.336 e. The summed E-state index contributed by atoms with van der Waals surface area (Å²) in [6, 6.07) is 1.34. The van der Waals surface area contributed by atoms with Crippen LogP contribution in [0.25, 0.3) is 17.0 Å². The van der Waals surface area contributed by atoms with E-state index in [2.05, 4.69) is 4.74 Å². The highest BCUT2D eigenvalue weighted by Gasteiger charge is 2.32. The summed E-state index contributed by atoms with van der Waals surface area (Å²) in [6.07, 6.45) is 4.64. The van der Waals surface area contributed by atoms with Crippen LogP contribution in [0.2, 0.25) is 0 Å². The molecule has 29 heavy (non-hydrogen) atoms. The molecule has 1 N–H and O–H groups in total. The largest absolute Gasteiger partial charge is 0.506 e. The van der Waals surface area contributed by atoms with E-state index < -0.39 is 11.2 Å².